The van der Waals surface area contributed by atoms with Crippen molar-refractivity contribution < 1.29 is 26.7 Å². The number of alkyl halides is 3. The van der Waals surface area contributed by atoms with Crippen LogP contribution in [-0.2, 0) is 16.2 Å². The van der Waals surface area contributed by atoms with E-state index in [0.29, 0.717) is 19.2 Å². The Balaban J connectivity index is 1.91. The number of nitrogens with one attached hydrogen (secondary N) is 1. The lowest BCUT2D eigenvalue weighted by Gasteiger charge is -2.26. The number of aliphatic hydroxyl groups is 1. The Bertz CT molecular complexity index is 967. The summed E-state index contributed by atoms with van der Waals surface area (Å²) in [5, 5.41) is 27.0. The van der Waals surface area contributed by atoms with Crippen molar-refractivity contribution in [2.45, 2.75) is 11.1 Å². The molecule has 2 unspecified atom stereocenters. The van der Waals surface area contributed by atoms with Crippen LogP contribution in [0.15, 0.2) is 17.0 Å². The molecule has 1 aromatic heterocycles. The first kappa shape index (κ1) is 18.1. The minimum Gasteiger partial charge on any atom is -0.396 e. The summed E-state index contributed by atoms with van der Waals surface area (Å²) in [6.45, 7) is 1.03. The molecule has 0 bridgehead atoms. The molecule has 4 rings (SSSR count). The Kier molecular flexibility index (Phi) is 3.94. The highest BCUT2D eigenvalue weighted by Crippen LogP contribution is 2.53. The third kappa shape index (κ3) is 2.95. The Hall–Kier alpha value is -2.25. The second kappa shape index (κ2) is 5.87. The number of benzene rings is 1. The molecule has 2 heterocycles. The Labute approximate surface area is 151 Å². The molecule has 4 N–H and O–H groups in total. The number of tetrazole rings is 1. The summed E-state index contributed by atoms with van der Waals surface area (Å²) in [4.78, 5) is 0.707. The number of piperidine rings is 1. The highest BCUT2D eigenvalue weighted by atomic mass is 32.2. The predicted octanol–water partition coefficient (Wildman–Crippen LogP) is 0.207. The molecule has 2 atom stereocenters. The van der Waals surface area contributed by atoms with Gasteiger partial charge in [0, 0.05) is 25.4 Å². The van der Waals surface area contributed by atoms with Crippen molar-refractivity contribution >= 4 is 15.7 Å². The van der Waals surface area contributed by atoms with Crippen LogP contribution in [0.1, 0.15) is 5.56 Å². The van der Waals surface area contributed by atoms with Crippen molar-refractivity contribution in [3.8, 4) is 11.4 Å². The van der Waals surface area contributed by atoms with Gasteiger partial charge in [-0.05, 0) is 40.3 Å². The number of hydrogen-bond donors (Lipinski definition) is 3. The van der Waals surface area contributed by atoms with Gasteiger partial charge in [-0.15, -0.1) is 5.10 Å². The first-order valence-electron chi connectivity index (χ1n) is 8.00. The fourth-order valence-corrected chi connectivity index (χ4v) is 4.94. The summed E-state index contributed by atoms with van der Waals surface area (Å²) in [5.74, 6) is 0.384. The average Bonchev–Trinajstić information content (AvgIpc) is 3.00. The van der Waals surface area contributed by atoms with Gasteiger partial charge in [0.2, 0.25) is 10.0 Å². The summed E-state index contributed by atoms with van der Waals surface area (Å²) in [5.41, 5.74) is -1.44. The van der Waals surface area contributed by atoms with E-state index in [4.69, 9.17) is 5.14 Å². The fourth-order valence-electron chi connectivity index (χ4n) is 3.97. The van der Waals surface area contributed by atoms with Gasteiger partial charge in [0.05, 0.1) is 11.1 Å². The van der Waals surface area contributed by atoms with Crippen molar-refractivity contribution in [2.24, 2.45) is 22.9 Å². The second-order valence-electron chi connectivity index (χ2n) is 6.71. The van der Waals surface area contributed by atoms with Gasteiger partial charge >= 0.3 is 6.18 Å². The third-order valence-corrected chi connectivity index (χ3v) is 6.22. The second-order valence-corrected chi connectivity index (χ2v) is 8.21. The van der Waals surface area contributed by atoms with Gasteiger partial charge in [-0.25, -0.2) is 18.7 Å². The molecule has 1 aliphatic heterocycles. The van der Waals surface area contributed by atoms with E-state index in [2.05, 4.69) is 20.6 Å². The maximum absolute atomic E-state index is 13.5. The molecule has 2 aromatic rings. The number of nitrogens with two attached hydrogens (primary N) is 1. The molecule has 0 amide bonds. The van der Waals surface area contributed by atoms with Crippen LogP contribution in [0.25, 0.3) is 11.4 Å². The number of primary sulfonamides is 1. The number of rotatable bonds is 4. The average molecular weight is 404 g/mol. The number of hydrogen-bond acceptors (Lipinski definition) is 7. The zero-order valence-electron chi connectivity index (χ0n) is 13.7. The molecule has 146 valence electrons. The molecule has 27 heavy (non-hydrogen) atoms. The first-order chi connectivity index (χ1) is 12.6. The van der Waals surface area contributed by atoms with Gasteiger partial charge in [-0.1, -0.05) is 0 Å². The van der Waals surface area contributed by atoms with Crippen LogP contribution in [-0.4, -0.2) is 53.8 Å². The number of halogens is 3. The van der Waals surface area contributed by atoms with E-state index in [0.717, 1.165) is 0 Å². The number of anilines is 1. The van der Waals surface area contributed by atoms with Crippen LogP contribution in [0.5, 0.6) is 0 Å². The first-order valence-corrected chi connectivity index (χ1v) is 9.54. The molecule has 0 spiro atoms. The molecule has 2 fully saturated rings. The summed E-state index contributed by atoms with van der Waals surface area (Å²) in [7, 11) is -4.75. The van der Waals surface area contributed by atoms with Crippen molar-refractivity contribution in [3.05, 3.63) is 17.7 Å². The lowest BCUT2D eigenvalue weighted by molar-refractivity contribution is -0.139. The molecular weight excluding hydrogens is 389 g/mol. The van der Waals surface area contributed by atoms with E-state index in [1.54, 1.807) is 4.90 Å². The van der Waals surface area contributed by atoms with Crippen LogP contribution in [0.3, 0.4) is 0 Å². The van der Waals surface area contributed by atoms with Crippen LogP contribution < -0.4 is 10.0 Å². The number of nitrogens with zero attached hydrogens (tertiary/aromatic N) is 4. The van der Waals surface area contributed by atoms with E-state index >= 15 is 0 Å². The Morgan fingerprint density at radius 3 is 2.44 bits per heavy atom. The maximum Gasteiger partial charge on any atom is 0.417 e. The van der Waals surface area contributed by atoms with E-state index in [1.807, 2.05) is 0 Å². The van der Waals surface area contributed by atoms with Gasteiger partial charge in [0.15, 0.2) is 5.82 Å². The quantitative estimate of drug-likeness (QED) is 0.662. The smallest absolute Gasteiger partial charge is 0.396 e. The molecule has 1 aliphatic carbocycles. The lowest BCUT2D eigenvalue weighted by atomic mass is 10.1. The van der Waals surface area contributed by atoms with E-state index in [9.17, 15) is 26.7 Å². The van der Waals surface area contributed by atoms with Crippen LogP contribution in [0.2, 0.25) is 0 Å². The maximum atomic E-state index is 13.5. The third-order valence-electron chi connectivity index (χ3n) is 5.23. The van der Waals surface area contributed by atoms with Gasteiger partial charge in [0.25, 0.3) is 0 Å². The number of fused-ring (bicyclic) bond motifs is 1. The number of aliphatic hydroxyl groups excluding tert-OH is 1. The molecule has 9 nitrogen and oxygen atoms in total. The molecule has 0 radical (unpaired) electrons. The standard InChI is InChI=1S/C14H15F3N6O3S/c15-14(16,17)9-1-2-10(23-3-6-7(4-23)8(6)5-24)11(12(9)27(18,25)26)13-19-21-22-20-13/h1-2,6-8,24H,3-5H2,(H2,18,25,26)(H,19,20,21,22). The van der Waals surface area contributed by atoms with E-state index in [1.165, 1.54) is 6.07 Å². The Morgan fingerprint density at radius 2 is 1.96 bits per heavy atom. The highest BCUT2D eigenvalue weighted by molar-refractivity contribution is 7.89. The minimum atomic E-state index is -4.93. The number of aromatic amines is 1. The normalized spacial score (nSPS) is 24.9. The fraction of sp³-hybridized carbons (Fsp3) is 0.500. The SMILES string of the molecule is NS(=O)(=O)c1c(C(F)(F)F)ccc(N2CC3C(CO)C3C2)c1-c1nnn[nH]1. The molecule has 1 saturated heterocycles. The molecule has 13 heteroatoms. The summed E-state index contributed by atoms with van der Waals surface area (Å²) < 4.78 is 64.6. The number of sulfonamides is 1. The predicted molar refractivity (Wildman–Crippen MR) is 85.8 cm³/mol. The van der Waals surface area contributed by atoms with Crippen LogP contribution in [0.4, 0.5) is 18.9 Å². The number of aromatic nitrogens is 4. The Morgan fingerprint density at radius 1 is 1.30 bits per heavy atom. The van der Waals surface area contributed by atoms with E-state index < -0.39 is 26.7 Å². The number of H-pyrrole nitrogens is 1. The lowest BCUT2D eigenvalue weighted by Crippen LogP contribution is -2.27. The zero-order chi connectivity index (χ0) is 19.6. The van der Waals surface area contributed by atoms with E-state index in [-0.39, 0.29) is 41.4 Å². The van der Waals surface area contributed by atoms with Crippen molar-refractivity contribution in [2.75, 3.05) is 24.6 Å². The monoisotopic (exact) mass is 404 g/mol. The van der Waals surface area contributed by atoms with Crippen molar-refractivity contribution in [1.29, 1.82) is 0 Å². The molecular formula is C14H15F3N6O3S. The van der Waals surface area contributed by atoms with Crippen molar-refractivity contribution in [1.82, 2.24) is 20.6 Å². The summed E-state index contributed by atoms with van der Waals surface area (Å²) in [6, 6.07) is 1.91. The summed E-state index contributed by atoms with van der Waals surface area (Å²) >= 11 is 0. The largest absolute Gasteiger partial charge is 0.417 e. The summed E-state index contributed by atoms with van der Waals surface area (Å²) in [6.07, 6.45) is -4.93. The van der Waals surface area contributed by atoms with Crippen molar-refractivity contribution in [3.63, 3.8) is 0 Å². The molecule has 1 saturated carbocycles. The molecule has 1 aromatic carbocycles. The van der Waals surface area contributed by atoms with Crippen LogP contribution in [0, 0.1) is 17.8 Å². The molecule has 2 aliphatic rings. The topological polar surface area (TPSA) is 138 Å². The van der Waals surface area contributed by atoms with Crippen LogP contribution >= 0.6 is 0 Å². The highest BCUT2D eigenvalue weighted by Gasteiger charge is 2.55. The minimum absolute atomic E-state index is 0.0531. The van der Waals surface area contributed by atoms with Gasteiger partial charge < -0.3 is 10.0 Å². The van der Waals surface area contributed by atoms with Gasteiger partial charge in [-0.3, -0.25) is 0 Å². The van der Waals surface area contributed by atoms with Gasteiger partial charge in [0.1, 0.15) is 4.90 Å². The van der Waals surface area contributed by atoms with Gasteiger partial charge in [-0.2, -0.15) is 13.2 Å². The zero-order valence-corrected chi connectivity index (χ0v) is 14.5.